The minimum Gasteiger partial charge on any atom is -0.506 e. The van der Waals surface area contributed by atoms with E-state index in [2.05, 4.69) is 6.92 Å². The van der Waals surface area contributed by atoms with Crippen LogP contribution in [-0.4, -0.2) is 11.1 Å². The predicted octanol–water partition coefficient (Wildman–Crippen LogP) is 3.12. The molecule has 0 radical (unpaired) electrons. The highest BCUT2D eigenvalue weighted by molar-refractivity contribution is 6.33. The number of phenolic OH excluding ortho intramolecular Hbond substituents is 1. The molecule has 1 unspecified atom stereocenters. The van der Waals surface area contributed by atoms with Crippen molar-refractivity contribution in [3.8, 4) is 5.75 Å². The molecule has 0 aromatic heterocycles. The van der Waals surface area contributed by atoms with Gasteiger partial charge in [0.25, 0.3) is 0 Å². The van der Waals surface area contributed by atoms with Gasteiger partial charge in [0.05, 0.1) is 5.02 Å². The van der Waals surface area contributed by atoms with Gasteiger partial charge in [-0.25, -0.2) is 0 Å². The highest BCUT2D eigenvalue weighted by Crippen LogP contribution is 2.40. The molecule has 0 aliphatic heterocycles. The third kappa shape index (κ3) is 2.29. The van der Waals surface area contributed by atoms with E-state index in [4.69, 9.17) is 17.3 Å². The molecule has 3 N–H and O–H groups in total. The molecular formula is C14H20ClNO. The third-order valence-corrected chi connectivity index (χ3v) is 4.07. The number of nitrogens with two attached hydrogens (primary N) is 1. The number of aromatic hydroxyl groups is 1. The maximum atomic E-state index is 10.2. The van der Waals surface area contributed by atoms with Crippen LogP contribution in [0.2, 0.25) is 5.02 Å². The molecule has 0 fully saturated rings. The van der Waals surface area contributed by atoms with Gasteiger partial charge in [-0.2, -0.15) is 0 Å². The molecule has 1 aliphatic rings. The van der Waals surface area contributed by atoms with Gasteiger partial charge < -0.3 is 10.8 Å². The van der Waals surface area contributed by atoms with Crippen molar-refractivity contribution in [2.45, 2.75) is 52.0 Å². The summed E-state index contributed by atoms with van der Waals surface area (Å²) in [6.07, 6.45) is 5.13. The Balaban J connectivity index is 2.57. The Morgan fingerprint density at radius 3 is 2.47 bits per heavy atom. The summed E-state index contributed by atoms with van der Waals surface area (Å²) in [5.41, 5.74) is 10.5. The molecule has 0 bridgehead atoms. The molecule has 17 heavy (non-hydrogen) atoms. The zero-order valence-electron chi connectivity index (χ0n) is 10.5. The summed E-state index contributed by atoms with van der Waals surface area (Å²) in [6.45, 7) is 4.03. The standard InChI is InChI=1S/C14H20ClNO/c1-8(16)7-12-9(2)10-5-3-4-6-11(10)13(15)14(12)17/h8,17H,3-7,16H2,1-2H3. The summed E-state index contributed by atoms with van der Waals surface area (Å²) >= 11 is 6.28. The van der Waals surface area contributed by atoms with Gasteiger partial charge in [0.1, 0.15) is 5.75 Å². The predicted molar refractivity (Wildman–Crippen MR) is 71.8 cm³/mol. The summed E-state index contributed by atoms with van der Waals surface area (Å²) in [6, 6.07) is 0.0392. The van der Waals surface area contributed by atoms with Gasteiger partial charge in [0.15, 0.2) is 0 Å². The van der Waals surface area contributed by atoms with Crippen LogP contribution < -0.4 is 5.73 Å². The average Bonchev–Trinajstić information content (AvgIpc) is 2.31. The topological polar surface area (TPSA) is 46.2 Å². The van der Waals surface area contributed by atoms with Crippen LogP contribution in [0.3, 0.4) is 0 Å². The summed E-state index contributed by atoms with van der Waals surface area (Å²) in [5, 5.41) is 10.8. The number of rotatable bonds is 2. The zero-order chi connectivity index (χ0) is 12.6. The Bertz CT molecular complexity index is 441. The average molecular weight is 254 g/mol. The van der Waals surface area contributed by atoms with Crippen LogP contribution in [0, 0.1) is 6.92 Å². The quantitative estimate of drug-likeness (QED) is 0.851. The van der Waals surface area contributed by atoms with E-state index >= 15 is 0 Å². The van der Waals surface area contributed by atoms with Crippen LogP contribution in [0.15, 0.2) is 0 Å². The highest BCUT2D eigenvalue weighted by Gasteiger charge is 2.22. The molecule has 0 spiro atoms. The lowest BCUT2D eigenvalue weighted by Crippen LogP contribution is -2.19. The minimum atomic E-state index is 0.0392. The van der Waals surface area contributed by atoms with Crippen molar-refractivity contribution in [2.75, 3.05) is 0 Å². The molecule has 2 nitrogen and oxygen atoms in total. The number of hydrogen-bond donors (Lipinski definition) is 2. The van der Waals surface area contributed by atoms with Crippen molar-refractivity contribution in [1.82, 2.24) is 0 Å². The van der Waals surface area contributed by atoms with E-state index in [0.717, 1.165) is 30.4 Å². The Morgan fingerprint density at radius 1 is 1.29 bits per heavy atom. The van der Waals surface area contributed by atoms with Crippen LogP contribution >= 0.6 is 11.6 Å². The second-order valence-electron chi connectivity index (χ2n) is 5.11. The van der Waals surface area contributed by atoms with Crippen LogP contribution in [0.5, 0.6) is 5.75 Å². The summed E-state index contributed by atoms with van der Waals surface area (Å²) in [4.78, 5) is 0. The van der Waals surface area contributed by atoms with E-state index < -0.39 is 0 Å². The first-order chi connectivity index (χ1) is 8.02. The fraction of sp³-hybridized carbons (Fsp3) is 0.571. The molecule has 1 atom stereocenters. The van der Waals surface area contributed by atoms with E-state index in [1.807, 2.05) is 6.92 Å². The van der Waals surface area contributed by atoms with E-state index in [9.17, 15) is 5.11 Å². The smallest absolute Gasteiger partial charge is 0.137 e. The lowest BCUT2D eigenvalue weighted by Gasteiger charge is -2.24. The van der Waals surface area contributed by atoms with Crippen molar-refractivity contribution in [3.63, 3.8) is 0 Å². The highest BCUT2D eigenvalue weighted by atomic mass is 35.5. The SMILES string of the molecule is Cc1c(CC(C)N)c(O)c(Cl)c2c1CCCC2. The van der Waals surface area contributed by atoms with Crippen molar-refractivity contribution >= 4 is 11.6 Å². The molecular weight excluding hydrogens is 234 g/mol. The second-order valence-corrected chi connectivity index (χ2v) is 5.49. The van der Waals surface area contributed by atoms with Gasteiger partial charge in [-0.15, -0.1) is 0 Å². The second kappa shape index (κ2) is 4.87. The number of hydrogen-bond acceptors (Lipinski definition) is 2. The normalized spacial score (nSPS) is 16.7. The Labute approximate surface area is 108 Å². The minimum absolute atomic E-state index is 0.0392. The van der Waals surface area contributed by atoms with E-state index in [0.29, 0.717) is 11.4 Å². The van der Waals surface area contributed by atoms with Crippen molar-refractivity contribution in [1.29, 1.82) is 0 Å². The monoisotopic (exact) mass is 253 g/mol. The lowest BCUT2D eigenvalue weighted by molar-refractivity contribution is 0.462. The molecule has 0 heterocycles. The number of phenols is 1. The van der Waals surface area contributed by atoms with E-state index in [-0.39, 0.29) is 11.8 Å². The van der Waals surface area contributed by atoms with Crippen molar-refractivity contribution in [3.05, 3.63) is 27.3 Å². The van der Waals surface area contributed by atoms with Crippen molar-refractivity contribution in [2.24, 2.45) is 5.73 Å². The molecule has 0 saturated carbocycles. The Morgan fingerprint density at radius 2 is 1.88 bits per heavy atom. The summed E-state index contributed by atoms with van der Waals surface area (Å²) in [7, 11) is 0. The first kappa shape index (κ1) is 12.7. The number of benzene rings is 1. The van der Waals surface area contributed by atoms with Gasteiger partial charge in [0.2, 0.25) is 0 Å². The van der Waals surface area contributed by atoms with Crippen LogP contribution in [0.1, 0.15) is 42.0 Å². The van der Waals surface area contributed by atoms with Gasteiger partial charge >= 0.3 is 0 Å². The molecule has 1 aromatic rings. The molecule has 1 aromatic carbocycles. The zero-order valence-corrected chi connectivity index (χ0v) is 11.3. The fourth-order valence-electron chi connectivity index (χ4n) is 2.77. The Kier molecular flexibility index (Phi) is 3.64. The maximum absolute atomic E-state index is 10.2. The first-order valence-electron chi connectivity index (χ1n) is 6.29. The van der Waals surface area contributed by atoms with Crippen LogP contribution in [0.4, 0.5) is 0 Å². The summed E-state index contributed by atoms with van der Waals surface area (Å²) < 4.78 is 0. The largest absolute Gasteiger partial charge is 0.506 e. The fourth-order valence-corrected chi connectivity index (χ4v) is 3.09. The van der Waals surface area contributed by atoms with Gasteiger partial charge in [-0.1, -0.05) is 11.6 Å². The molecule has 0 saturated heterocycles. The third-order valence-electron chi connectivity index (χ3n) is 3.66. The Hall–Kier alpha value is -0.730. The van der Waals surface area contributed by atoms with E-state index in [1.165, 1.54) is 17.5 Å². The maximum Gasteiger partial charge on any atom is 0.137 e. The molecule has 3 heteroatoms. The van der Waals surface area contributed by atoms with E-state index in [1.54, 1.807) is 0 Å². The molecule has 2 rings (SSSR count). The van der Waals surface area contributed by atoms with Gasteiger partial charge in [0, 0.05) is 11.6 Å². The summed E-state index contributed by atoms with van der Waals surface area (Å²) in [5.74, 6) is 0.252. The van der Waals surface area contributed by atoms with Crippen LogP contribution in [0.25, 0.3) is 0 Å². The number of fused-ring (bicyclic) bond motifs is 1. The first-order valence-corrected chi connectivity index (χ1v) is 6.67. The number of halogens is 1. The van der Waals surface area contributed by atoms with Crippen molar-refractivity contribution < 1.29 is 5.11 Å². The van der Waals surface area contributed by atoms with Gasteiger partial charge in [-0.3, -0.25) is 0 Å². The van der Waals surface area contributed by atoms with Crippen LogP contribution in [-0.2, 0) is 19.3 Å². The molecule has 0 amide bonds. The van der Waals surface area contributed by atoms with Gasteiger partial charge in [-0.05, 0) is 62.6 Å². The molecule has 94 valence electrons. The lowest BCUT2D eigenvalue weighted by atomic mass is 9.84. The molecule has 1 aliphatic carbocycles.